The van der Waals surface area contributed by atoms with E-state index in [1.165, 1.54) is 35.3 Å². The van der Waals surface area contributed by atoms with Crippen molar-refractivity contribution in [3.05, 3.63) is 107 Å². The van der Waals surface area contributed by atoms with Crippen LogP contribution in [0.5, 0.6) is 0 Å². The van der Waals surface area contributed by atoms with Gasteiger partial charge in [0.25, 0.3) is 5.91 Å². The number of halogens is 2. The Morgan fingerprint density at radius 1 is 1.08 bits per heavy atom. The molecule has 0 spiro atoms. The maximum Gasteiger partial charge on any atom is 0.251 e. The summed E-state index contributed by atoms with van der Waals surface area (Å²) in [6, 6.07) is 16.6. The summed E-state index contributed by atoms with van der Waals surface area (Å²) in [5.74, 6) is -2.94. The standard InChI is InChI=1S/C26H21ClFN7O3/c27-18-7-10-23(35-15-30-33-34-35)17(13-18)6-11-24(36)32-22(12-16-4-2-1-3-5-16)26(38)31-19-8-9-20(25(29)37)21(28)14-19/h1-11,13-15,22H,12H2,(H2,29,37)(H,31,38)(H,32,36)/b11-6+/t22-/m0/s1. The lowest BCUT2D eigenvalue weighted by molar-refractivity contribution is -0.123. The Bertz CT molecular complexity index is 1490. The van der Waals surface area contributed by atoms with Gasteiger partial charge in [0.2, 0.25) is 11.8 Å². The minimum atomic E-state index is -1.01. The van der Waals surface area contributed by atoms with Crippen LogP contribution in [0.1, 0.15) is 21.5 Å². The molecule has 0 bridgehead atoms. The molecule has 0 radical (unpaired) electrons. The van der Waals surface area contributed by atoms with E-state index < -0.39 is 29.6 Å². The molecule has 192 valence electrons. The van der Waals surface area contributed by atoms with Gasteiger partial charge in [-0.05, 0) is 58.5 Å². The van der Waals surface area contributed by atoms with Crippen molar-refractivity contribution in [1.82, 2.24) is 25.5 Å². The van der Waals surface area contributed by atoms with Crippen LogP contribution in [0.2, 0.25) is 5.02 Å². The zero-order valence-electron chi connectivity index (χ0n) is 19.7. The molecule has 0 saturated heterocycles. The molecule has 0 fully saturated rings. The smallest absolute Gasteiger partial charge is 0.251 e. The van der Waals surface area contributed by atoms with Crippen molar-refractivity contribution in [1.29, 1.82) is 0 Å². The second-order valence-corrected chi connectivity index (χ2v) is 8.53. The summed E-state index contributed by atoms with van der Waals surface area (Å²) in [5.41, 5.74) is 6.88. The zero-order chi connectivity index (χ0) is 27.1. The number of hydrogen-bond donors (Lipinski definition) is 3. The molecule has 0 unspecified atom stereocenters. The molecule has 0 aliphatic heterocycles. The van der Waals surface area contributed by atoms with Gasteiger partial charge in [0, 0.05) is 28.8 Å². The summed E-state index contributed by atoms with van der Waals surface area (Å²) in [5, 5.41) is 16.8. The number of carbonyl (C=O) groups is 3. The molecule has 1 atom stereocenters. The van der Waals surface area contributed by atoms with E-state index in [1.807, 2.05) is 30.3 Å². The number of carbonyl (C=O) groups excluding carboxylic acids is 3. The normalized spacial score (nSPS) is 11.7. The predicted molar refractivity (Wildman–Crippen MR) is 139 cm³/mol. The van der Waals surface area contributed by atoms with Crippen LogP contribution < -0.4 is 16.4 Å². The Hall–Kier alpha value is -4.90. The number of amides is 3. The highest BCUT2D eigenvalue weighted by atomic mass is 35.5. The van der Waals surface area contributed by atoms with Crippen molar-refractivity contribution in [2.75, 3.05) is 5.32 Å². The second kappa shape index (κ2) is 11.9. The van der Waals surface area contributed by atoms with Crippen LogP contribution in [-0.2, 0) is 16.0 Å². The average Bonchev–Trinajstić information content (AvgIpc) is 3.42. The van der Waals surface area contributed by atoms with Gasteiger partial charge < -0.3 is 16.4 Å². The number of primary amides is 1. The van der Waals surface area contributed by atoms with Crippen molar-refractivity contribution in [3.8, 4) is 5.69 Å². The van der Waals surface area contributed by atoms with Crippen molar-refractivity contribution in [2.45, 2.75) is 12.5 Å². The first-order valence-corrected chi connectivity index (χ1v) is 11.6. The first kappa shape index (κ1) is 26.2. The molecule has 0 aliphatic carbocycles. The first-order valence-electron chi connectivity index (χ1n) is 11.3. The molecule has 4 rings (SSSR count). The number of nitrogens with one attached hydrogen (secondary N) is 2. The van der Waals surface area contributed by atoms with Gasteiger partial charge >= 0.3 is 0 Å². The van der Waals surface area contributed by atoms with Crippen molar-refractivity contribution >= 4 is 41.1 Å². The molecule has 3 aromatic carbocycles. The highest BCUT2D eigenvalue weighted by molar-refractivity contribution is 6.30. The average molecular weight is 534 g/mol. The Morgan fingerprint density at radius 2 is 1.87 bits per heavy atom. The largest absolute Gasteiger partial charge is 0.366 e. The third-order valence-corrected chi connectivity index (χ3v) is 5.65. The van der Waals surface area contributed by atoms with Gasteiger partial charge in [-0.25, -0.2) is 4.39 Å². The van der Waals surface area contributed by atoms with E-state index in [2.05, 4.69) is 26.2 Å². The number of hydrogen-bond acceptors (Lipinski definition) is 6. The first-order chi connectivity index (χ1) is 18.3. The van der Waals surface area contributed by atoms with Crippen LogP contribution in [-0.4, -0.2) is 44.0 Å². The van der Waals surface area contributed by atoms with Crippen LogP contribution >= 0.6 is 11.6 Å². The van der Waals surface area contributed by atoms with Crippen LogP contribution in [0.3, 0.4) is 0 Å². The van der Waals surface area contributed by atoms with Crippen LogP contribution in [0.25, 0.3) is 11.8 Å². The molecule has 0 saturated carbocycles. The molecule has 38 heavy (non-hydrogen) atoms. The Balaban J connectivity index is 1.53. The number of anilines is 1. The summed E-state index contributed by atoms with van der Waals surface area (Å²) in [6.07, 6.45) is 4.35. The maximum atomic E-state index is 14.2. The monoisotopic (exact) mass is 533 g/mol. The van der Waals surface area contributed by atoms with Gasteiger partial charge in [0.05, 0.1) is 11.3 Å². The Labute approximate surface area is 221 Å². The Kier molecular flexibility index (Phi) is 8.19. The minimum Gasteiger partial charge on any atom is -0.366 e. The van der Waals surface area contributed by atoms with Crippen molar-refractivity contribution < 1.29 is 18.8 Å². The minimum absolute atomic E-state index is 0.102. The lowest BCUT2D eigenvalue weighted by Gasteiger charge is -2.18. The quantitative estimate of drug-likeness (QED) is 0.282. The van der Waals surface area contributed by atoms with E-state index in [0.717, 1.165) is 11.6 Å². The van der Waals surface area contributed by atoms with Gasteiger partial charge in [-0.15, -0.1) is 5.10 Å². The predicted octanol–water partition coefficient (Wildman–Crippen LogP) is 2.93. The number of aromatic nitrogens is 4. The van der Waals surface area contributed by atoms with Gasteiger partial charge in [0.15, 0.2) is 0 Å². The van der Waals surface area contributed by atoms with E-state index in [4.69, 9.17) is 17.3 Å². The van der Waals surface area contributed by atoms with E-state index in [-0.39, 0.29) is 17.7 Å². The number of rotatable bonds is 9. The summed E-state index contributed by atoms with van der Waals surface area (Å²) >= 11 is 6.12. The maximum absolute atomic E-state index is 14.2. The van der Waals surface area contributed by atoms with Gasteiger partial charge in [-0.1, -0.05) is 41.9 Å². The summed E-state index contributed by atoms with van der Waals surface area (Å²) < 4.78 is 15.6. The SMILES string of the molecule is NC(=O)c1ccc(NC(=O)[C@H](Cc2ccccc2)NC(=O)/C=C/c2cc(Cl)ccc2-n2cnnn2)cc1F. The number of nitrogens with two attached hydrogens (primary N) is 1. The molecule has 4 N–H and O–H groups in total. The highest BCUT2D eigenvalue weighted by Crippen LogP contribution is 2.20. The second-order valence-electron chi connectivity index (χ2n) is 8.09. The number of nitrogens with zero attached hydrogens (tertiary/aromatic N) is 4. The number of tetrazole rings is 1. The lowest BCUT2D eigenvalue weighted by atomic mass is 10.0. The summed E-state index contributed by atoms with van der Waals surface area (Å²) in [4.78, 5) is 37.2. The summed E-state index contributed by atoms with van der Waals surface area (Å²) in [7, 11) is 0. The molecule has 0 aliphatic rings. The van der Waals surface area contributed by atoms with E-state index in [0.29, 0.717) is 16.3 Å². The van der Waals surface area contributed by atoms with E-state index in [1.54, 1.807) is 18.2 Å². The van der Waals surface area contributed by atoms with Gasteiger partial charge in [0.1, 0.15) is 18.2 Å². The third kappa shape index (κ3) is 6.65. The zero-order valence-corrected chi connectivity index (χ0v) is 20.5. The molecular weight excluding hydrogens is 513 g/mol. The topological polar surface area (TPSA) is 145 Å². The van der Waals surface area contributed by atoms with Gasteiger partial charge in [-0.3, -0.25) is 14.4 Å². The third-order valence-electron chi connectivity index (χ3n) is 5.42. The van der Waals surface area contributed by atoms with Crippen LogP contribution in [0.4, 0.5) is 10.1 Å². The van der Waals surface area contributed by atoms with Crippen LogP contribution in [0.15, 0.2) is 79.1 Å². The molecule has 12 heteroatoms. The Morgan fingerprint density at radius 3 is 2.55 bits per heavy atom. The fourth-order valence-electron chi connectivity index (χ4n) is 3.61. The summed E-state index contributed by atoms with van der Waals surface area (Å²) in [6.45, 7) is 0. The molecular formula is C26H21ClFN7O3. The van der Waals surface area contributed by atoms with Crippen molar-refractivity contribution in [2.24, 2.45) is 5.73 Å². The lowest BCUT2D eigenvalue weighted by Crippen LogP contribution is -2.44. The van der Waals surface area contributed by atoms with E-state index >= 15 is 0 Å². The highest BCUT2D eigenvalue weighted by Gasteiger charge is 2.21. The van der Waals surface area contributed by atoms with Gasteiger partial charge in [-0.2, -0.15) is 4.68 Å². The van der Waals surface area contributed by atoms with Crippen molar-refractivity contribution in [3.63, 3.8) is 0 Å². The van der Waals surface area contributed by atoms with Crippen LogP contribution in [0, 0.1) is 5.82 Å². The fourth-order valence-corrected chi connectivity index (χ4v) is 3.79. The fraction of sp³-hybridized carbons (Fsp3) is 0.0769. The number of benzene rings is 3. The molecule has 1 heterocycles. The molecule has 10 nitrogen and oxygen atoms in total. The van der Waals surface area contributed by atoms with E-state index in [9.17, 15) is 18.8 Å². The molecule has 1 aromatic heterocycles. The molecule has 3 amide bonds. The molecule has 4 aromatic rings.